The van der Waals surface area contributed by atoms with Crippen molar-refractivity contribution in [2.45, 2.75) is 38.6 Å². The number of morpholine rings is 1. The molecular formula is C20H29N5O3S. The summed E-state index contributed by atoms with van der Waals surface area (Å²) in [6.45, 7) is 6.69. The summed E-state index contributed by atoms with van der Waals surface area (Å²) in [5.74, 6) is 0.756. The van der Waals surface area contributed by atoms with Gasteiger partial charge in [-0.15, -0.1) is 11.3 Å². The summed E-state index contributed by atoms with van der Waals surface area (Å²) in [5.41, 5.74) is 0.695. The van der Waals surface area contributed by atoms with Crippen LogP contribution >= 0.6 is 11.3 Å². The number of quaternary nitrogens is 1. The summed E-state index contributed by atoms with van der Waals surface area (Å²) in [7, 11) is 0. The molecule has 1 N–H and O–H groups in total. The third-order valence-corrected chi connectivity index (χ3v) is 6.76. The molecule has 0 aliphatic carbocycles. The minimum atomic E-state index is -0.636. The highest BCUT2D eigenvalue weighted by Crippen LogP contribution is 2.29. The molecule has 2 aromatic rings. The molecule has 1 atom stereocenters. The normalized spacial score (nSPS) is 20.1. The molecule has 2 saturated heterocycles. The van der Waals surface area contributed by atoms with Crippen molar-refractivity contribution in [2.24, 2.45) is 0 Å². The minimum absolute atomic E-state index is 0.148. The molecule has 0 bridgehead atoms. The number of carbonyl (C=O) groups excluding carboxylic acids is 1. The monoisotopic (exact) mass is 419 g/mol. The SMILES string of the molecule is CCCNC(=O)C(Cc1nc2nc(N3CCOCC3)ccc2s1)[N+]1([O-])CCCC1. The lowest BCUT2D eigenvalue weighted by Gasteiger charge is -2.44. The Morgan fingerprint density at radius 3 is 2.79 bits per heavy atom. The fourth-order valence-corrected chi connectivity index (χ4v) is 5.04. The van der Waals surface area contributed by atoms with Gasteiger partial charge in [0.25, 0.3) is 5.91 Å². The molecule has 158 valence electrons. The summed E-state index contributed by atoms with van der Waals surface area (Å²) in [5, 5.41) is 17.0. The zero-order valence-corrected chi connectivity index (χ0v) is 17.7. The Kier molecular flexibility index (Phi) is 6.29. The van der Waals surface area contributed by atoms with Crippen LogP contribution < -0.4 is 10.2 Å². The average Bonchev–Trinajstić information content (AvgIpc) is 3.36. The van der Waals surface area contributed by atoms with Crippen molar-refractivity contribution in [2.75, 3.05) is 50.8 Å². The van der Waals surface area contributed by atoms with Crippen LogP contribution in [0, 0.1) is 5.21 Å². The number of hydrogen-bond acceptors (Lipinski definition) is 7. The second-order valence-corrected chi connectivity index (χ2v) is 8.93. The Morgan fingerprint density at radius 2 is 2.07 bits per heavy atom. The number of likely N-dealkylation sites (tertiary alicyclic amines) is 1. The van der Waals surface area contributed by atoms with Crippen LogP contribution in [0.3, 0.4) is 0 Å². The van der Waals surface area contributed by atoms with Crippen molar-refractivity contribution in [1.82, 2.24) is 15.3 Å². The molecule has 4 rings (SSSR count). The number of hydrogen-bond donors (Lipinski definition) is 1. The first-order chi connectivity index (χ1) is 14.1. The number of rotatable bonds is 7. The van der Waals surface area contributed by atoms with Gasteiger partial charge in [-0.3, -0.25) is 4.79 Å². The van der Waals surface area contributed by atoms with Gasteiger partial charge in [-0.05, 0) is 18.6 Å². The predicted octanol–water partition coefficient (Wildman–Crippen LogP) is 2.07. The van der Waals surface area contributed by atoms with Gasteiger partial charge in [0, 0.05) is 32.5 Å². The molecule has 8 nitrogen and oxygen atoms in total. The second kappa shape index (κ2) is 8.91. The lowest BCUT2D eigenvalue weighted by molar-refractivity contribution is -0.884. The van der Waals surface area contributed by atoms with Crippen LogP contribution in [0.4, 0.5) is 5.82 Å². The molecule has 2 aliphatic rings. The molecule has 29 heavy (non-hydrogen) atoms. The van der Waals surface area contributed by atoms with Gasteiger partial charge in [-0.1, -0.05) is 6.92 Å². The number of amides is 1. The van der Waals surface area contributed by atoms with Crippen molar-refractivity contribution < 1.29 is 14.2 Å². The Labute approximate surface area is 175 Å². The van der Waals surface area contributed by atoms with Crippen LogP contribution in [0.5, 0.6) is 0 Å². The van der Waals surface area contributed by atoms with Crippen molar-refractivity contribution in [3.05, 3.63) is 22.3 Å². The van der Waals surface area contributed by atoms with E-state index in [1.54, 1.807) is 0 Å². The topological polar surface area (TPSA) is 90.4 Å². The molecule has 2 fully saturated rings. The molecule has 2 aromatic heterocycles. The molecule has 1 amide bonds. The average molecular weight is 420 g/mol. The van der Waals surface area contributed by atoms with E-state index in [1.807, 2.05) is 19.1 Å². The van der Waals surface area contributed by atoms with Crippen LogP contribution in [0.25, 0.3) is 10.3 Å². The maximum atomic E-state index is 13.3. The number of anilines is 1. The van der Waals surface area contributed by atoms with Crippen LogP contribution in [0.15, 0.2) is 12.1 Å². The first-order valence-electron chi connectivity index (χ1n) is 10.5. The van der Waals surface area contributed by atoms with Gasteiger partial charge in [-0.2, -0.15) is 0 Å². The van der Waals surface area contributed by atoms with Gasteiger partial charge >= 0.3 is 0 Å². The molecule has 1 unspecified atom stereocenters. The van der Waals surface area contributed by atoms with Crippen molar-refractivity contribution >= 4 is 33.4 Å². The minimum Gasteiger partial charge on any atom is -0.632 e. The van der Waals surface area contributed by atoms with E-state index in [-0.39, 0.29) is 5.91 Å². The molecular weight excluding hydrogens is 390 g/mol. The Hall–Kier alpha value is -1.81. The number of aromatic nitrogens is 2. The van der Waals surface area contributed by atoms with Crippen molar-refractivity contribution in [1.29, 1.82) is 0 Å². The highest BCUT2D eigenvalue weighted by Gasteiger charge is 2.38. The maximum Gasteiger partial charge on any atom is 0.279 e. The third kappa shape index (κ3) is 4.53. The van der Waals surface area contributed by atoms with E-state index in [4.69, 9.17) is 14.7 Å². The van der Waals surface area contributed by atoms with Crippen LogP contribution in [-0.4, -0.2) is 72.5 Å². The van der Waals surface area contributed by atoms with Crippen LogP contribution in [0.1, 0.15) is 31.2 Å². The van der Waals surface area contributed by atoms with Crippen molar-refractivity contribution in [3.8, 4) is 0 Å². The smallest absolute Gasteiger partial charge is 0.279 e. The maximum absolute atomic E-state index is 13.3. The highest BCUT2D eigenvalue weighted by molar-refractivity contribution is 7.18. The van der Waals surface area contributed by atoms with E-state index < -0.39 is 10.7 Å². The van der Waals surface area contributed by atoms with Crippen LogP contribution in [-0.2, 0) is 16.0 Å². The van der Waals surface area contributed by atoms with Crippen molar-refractivity contribution in [3.63, 3.8) is 0 Å². The summed E-state index contributed by atoms with van der Waals surface area (Å²) in [6, 6.07) is 3.42. The summed E-state index contributed by atoms with van der Waals surface area (Å²) in [4.78, 5) is 24.4. The fraction of sp³-hybridized carbons (Fsp3) is 0.650. The first kappa shape index (κ1) is 20.5. The zero-order chi connectivity index (χ0) is 20.3. The number of carbonyl (C=O) groups is 1. The molecule has 0 aromatic carbocycles. The first-order valence-corrected chi connectivity index (χ1v) is 11.4. The third-order valence-electron chi connectivity index (χ3n) is 5.73. The quantitative estimate of drug-likeness (QED) is 0.546. The molecule has 0 saturated carbocycles. The molecule has 9 heteroatoms. The van der Waals surface area contributed by atoms with Gasteiger partial charge in [0.15, 0.2) is 11.7 Å². The number of nitrogens with zero attached hydrogens (tertiary/aromatic N) is 4. The molecule has 0 spiro atoms. The summed E-state index contributed by atoms with van der Waals surface area (Å²) >= 11 is 1.53. The van der Waals surface area contributed by atoms with Gasteiger partial charge in [-0.25, -0.2) is 9.97 Å². The highest BCUT2D eigenvalue weighted by atomic mass is 32.1. The van der Waals surface area contributed by atoms with E-state index in [0.29, 0.717) is 44.9 Å². The van der Waals surface area contributed by atoms with Gasteiger partial charge < -0.3 is 24.8 Å². The number of hydroxylamine groups is 3. The fourth-order valence-electron chi connectivity index (χ4n) is 4.10. The lowest BCUT2D eigenvalue weighted by Crippen LogP contribution is -2.57. The largest absolute Gasteiger partial charge is 0.632 e. The van der Waals surface area contributed by atoms with Gasteiger partial charge in [0.05, 0.1) is 37.4 Å². The Balaban J connectivity index is 1.55. The second-order valence-electron chi connectivity index (χ2n) is 7.82. The number of ether oxygens (including phenoxy) is 1. The number of thiazole rings is 1. The molecule has 2 aliphatic heterocycles. The Bertz CT molecular complexity index is 846. The summed E-state index contributed by atoms with van der Waals surface area (Å²) in [6.07, 6.45) is 2.98. The van der Waals surface area contributed by atoms with E-state index in [1.165, 1.54) is 11.3 Å². The molecule has 4 heterocycles. The zero-order valence-electron chi connectivity index (χ0n) is 16.9. The van der Waals surface area contributed by atoms with E-state index in [2.05, 4.69) is 10.2 Å². The predicted molar refractivity (Wildman–Crippen MR) is 114 cm³/mol. The lowest BCUT2D eigenvalue weighted by atomic mass is 10.1. The van der Waals surface area contributed by atoms with E-state index in [0.717, 1.165) is 47.9 Å². The van der Waals surface area contributed by atoms with E-state index >= 15 is 0 Å². The number of nitrogens with one attached hydrogen (secondary N) is 1. The van der Waals surface area contributed by atoms with Gasteiger partial charge in [0.1, 0.15) is 10.8 Å². The summed E-state index contributed by atoms with van der Waals surface area (Å²) < 4.78 is 5.97. The number of fused-ring (bicyclic) bond motifs is 1. The van der Waals surface area contributed by atoms with E-state index in [9.17, 15) is 10.0 Å². The van der Waals surface area contributed by atoms with Gasteiger partial charge in [0.2, 0.25) is 0 Å². The Morgan fingerprint density at radius 1 is 1.31 bits per heavy atom. The van der Waals surface area contributed by atoms with Crippen LogP contribution in [0.2, 0.25) is 0 Å². The standard InChI is InChI=1S/C20H29N5O3S/c1-2-7-21-20(26)15(25(27)10-3-4-11-25)14-18-23-19-16(29-18)5-6-17(22-19)24-8-12-28-13-9-24/h5-6,15H,2-4,7-14H2,1H3,(H,21,26). The molecule has 0 radical (unpaired) electrons. The number of pyridine rings is 1.